The number of allylic oxidation sites excluding steroid dienone is 3. The summed E-state index contributed by atoms with van der Waals surface area (Å²) in [5.41, 5.74) is 1.39. The maximum Gasteiger partial charge on any atom is 0.0400 e. The van der Waals surface area contributed by atoms with Crippen molar-refractivity contribution in [2.75, 3.05) is 34.5 Å². The lowest BCUT2D eigenvalue weighted by Crippen LogP contribution is -1.92. The minimum atomic E-state index is 1.27. The van der Waals surface area contributed by atoms with Crippen molar-refractivity contribution in [2.24, 2.45) is 0 Å². The van der Waals surface area contributed by atoms with Gasteiger partial charge in [-0.2, -0.15) is 23.5 Å². The van der Waals surface area contributed by atoms with Gasteiger partial charge in [0.25, 0.3) is 0 Å². The quantitative estimate of drug-likeness (QED) is 0.584. The molecule has 4 heteroatoms. The highest BCUT2D eigenvalue weighted by Gasteiger charge is 2.01. The molecule has 1 saturated heterocycles. The van der Waals surface area contributed by atoms with Gasteiger partial charge in [0.2, 0.25) is 0 Å². The van der Waals surface area contributed by atoms with E-state index < -0.39 is 0 Å². The van der Waals surface area contributed by atoms with Gasteiger partial charge < -0.3 is 0 Å². The standard InChI is InChI=1S/C15H26S4/c1-14(2)6-7-15-18-12-4-10-16-8-3-9-17-11-5-13-19-15/h6-7H,3-5,8-13H2,1-2H3. The van der Waals surface area contributed by atoms with Crippen molar-refractivity contribution in [3.8, 4) is 0 Å². The topological polar surface area (TPSA) is 0 Å². The van der Waals surface area contributed by atoms with Crippen LogP contribution in [0.25, 0.3) is 0 Å². The summed E-state index contributed by atoms with van der Waals surface area (Å²) in [7, 11) is 0. The van der Waals surface area contributed by atoms with Gasteiger partial charge in [0.15, 0.2) is 0 Å². The van der Waals surface area contributed by atoms with Gasteiger partial charge in [-0.1, -0.05) is 11.6 Å². The Morgan fingerprint density at radius 2 is 1.26 bits per heavy atom. The van der Waals surface area contributed by atoms with Crippen molar-refractivity contribution in [3.05, 3.63) is 22.0 Å². The fraction of sp³-hybridized carbons (Fsp3) is 0.733. The van der Waals surface area contributed by atoms with Gasteiger partial charge >= 0.3 is 0 Å². The third-order valence-corrected chi connectivity index (χ3v) is 7.33. The highest BCUT2D eigenvalue weighted by molar-refractivity contribution is 8.22. The molecule has 0 amide bonds. The highest BCUT2D eigenvalue weighted by Crippen LogP contribution is 2.30. The zero-order chi connectivity index (χ0) is 13.8. The molecule has 0 nitrogen and oxygen atoms in total. The Bertz CT molecular complexity index is 264. The van der Waals surface area contributed by atoms with E-state index in [9.17, 15) is 0 Å². The molecule has 1 aliphatic heterocycles. The Hall–Kier alpha value is 0.880. The van der Waals surface area contributed by atoms with Crippen LogP contribution in [0.1, 0.15) is 33.1 Å². The molecule has 1 rings (SSSR count). The van der Waals surface area contributed by atoms with Crippen LogP contribution < -0.4 is 0 Å². The van der Waals surface area contributed by atoms with Crippen LogP contribution in [-0.4, -0.2) is 34.5 Å². The Morgan fingerprint density at radius 3 is 1.74 bits per heavy atom. The van der Waals surface area contributed by atoms with E-state index in [1.54, 1.807) is 0 Å². The summed E-state index contributed by atoms with van der Waals surface area (Å²) in [6.45, 7) is 4.34. The van der Waals surface area contributed by atoms with Gasteiger partial charge in [-0.05, 0) is 73.7 Å². The zero-order valence-electron chi connectivity index (χ0n) is 12.2. The van der Waals surface area contributed by atoms with Gasteiger partial charge in [-0.25, -0.2) is 0 Å². The maximum atomic E-state index is 2.32. The molecule has 0 aromatic rings. The van der Waals surface area contributed by atoms with Crippen molar-refractivity contribution in [1.82, 2.24) is 0 Å². The molecule has 1 heterocycles. The minimum absolute atomic E-state index is 1.27. The Labute approximate surface area is 136 Å². The van der Waals surface area contributed by atoms with Gasteiger partial charge in [0, 0.05) is 4.24 Å². The Balaban J connectivity index is 2.40. The zero-order valence-corrected chi connectivity index (χ0v) is 15.4. The molecule has 0 unspecified atom stereocenters. The molecule has 0 radical (unpaired) electrons. The molecule has 0 aromatic heterocycles. The predicted octanol–water partition coefficient (Wildman–Crippen LogP) is 5.91. The summed E-state index contributed by atoms with van der Waals surface area (Å²) in [5.74, 6) is 7.92. The first kappa shape index (κ1) is 17.9. The molecule has 0 aromatic carbocycles. The van der Waals surface area contributed by atoms with E-state index in [4.69, 9.17) is 0 Å². The van der Waals surface area contributed by atoms with Crippen molar-refractivity contribution in [2.45, 2.75) is 33.1 Å². The lowest BCUT2D eigenvalue weighted by molar-refractivity contribution is 1.08. The fourth-order valence-corrected chi connectivity index (χ4v) is 6.00. The molecule has 0 atom stereocenters. The number of hydrogen-bond acceptors (Lipinski definition) is 4. The third-order valence-electron chi connectivity index (χ3n) is 2.48. The minimum Gasteiger partial charge on any atom is -0.162 e. The van der Waals surface area contributed by atoms with Crippen LogP contribution in [0.3, 0.4) is 0 Å². The highest BCUT2D eigenvalue weighted by atomic mass is 32.2. The fourth-order valence-electron chi connectivity index (χ4n) is 1.51. The van der Waals surface area contributed by atoms with E-state index in [0.29, 0.717) is 0 Å². The van der Waals surface area contributed by atoms with Crippen LogP contribution in [0.5, 0.6) is 0 Å². The molecule has 0 spiro atoms. The Morgan fingerprint density at radius 1 is 0.789 bits per heavy atom. The second-order valence-electron chi connectivity index (χ2n) is 4.71. The first-order chi connectivity index (χ1) is 9.29. The first-order valence-corrected chi connectivity index (χ1v) is 11.3. The summed E-state index contributed by atoms with van der Waals surface area (Å²) >= 11 is 8.37. The molecular weight excluding hydrogens is 308 g/mol. The number of rotatable bonds is 1. The van der Waals surface area contributed by atoms with Gasteiger partial charge in [0.1, 0.15) is 0 Å². The molecule has 0 N–H and O–H groups in total. The largest absolute Gasteiger partial charge is 0.162 e. The summed E-state index contributed by atoms with van der Waals surface area (Å²) in [6.07, 6.45) is 8.64. The summed E-state index contributed by atoms with van der Waals surface area (Å²) in [5, 5.41) is 0. The van der Waals surface area contributed by atoms with E-state index in [1.165, 1.54) is 63.6 Å². The second-order valence-corrected chi connectivity index (χ2v) is 9.69. The van der Waals surface area contributed by atoms with Gasteiger partial charge in [-0.3, -0.25) is 0 Å². The summed E-state index contributed by atoms with van der Waals surface area (Å²) in [6, 6.07) is 0. The molecule has 0 bridgehead atoms. The SMILES string of the molecule is CC(C)=CC=C1SCCCSCCCSCCCS1. The monoisotopic (exact) mass is 334 g/mol. The average Bonchev–Trinajstić information content (AvgIpc) is 2.39. The number of hydrogen-bond donors (Lipinski definition) is 0. The van der Waals surface area contributed by atoms with E-state index >= 15 is 0 Å². The van der Waals surface area contributed by atoms with E-state index in [0.717, 1.165) is 0 Å². The summed E-state index contributed by atoms with van der Waals surface area (Å²) < 4.78 is 1.51. The molecule has 19 heavy (non-hydrogen) atoms. The third kappa shape index (κ3) is 11.2. The van der Waals surface area contributed by atoms with Crippen LogP contribution in [0.15, 0.2) is 22.0 Å². The Kier molecular flexibility index (Phi) is 11.9. The normalized spacial score (nSPS) is 20.4. The van der Waals surface area contributed by atoms with E-state index in [-0.39, 0.29) is 0 Å². The lowest BCUT2D eigenvalue weighted by Gasteiger charge is -2.08. The molecule has 1 fully saturated rings. The first-order valence-electron chi connectivity index (χ1n) is 7.05. The molecule has 1 aliphatic rings. The van der Waals surface area contributed by atoms with Crippen molar-refractivity contribution < 1.29 is 0 Å². The van der Waals surface area contributed by atoms with Crippen LogP contribution in [0, 0.1) is 0 Å². The van der Waals surface area contributed by atoms with Crippen LogP contribution in [0.4, 0.5) is 0 Å². The van der Waals surface area contributed by atoms with Gasteiger partial charge in [-0.15, -0.1) is 23.5 Å². The molecule has 0 aliphatic carbocycles. The predicted molar refractivity (Wildman–Crippen MR) is 101 cm³/mol. The summed E-state index contributed by atoms with van der Waals surface area (Å²) in [4.78, 5) is 0. The average molecular weight is 335 g/mol. The van der Waals surface area contributed by atoms with Gasteiger partial charge in [0.05, 0.1) is 0 Å². The molecule has 110 valence electrons. The van der Waals surface area contributed by atoms with E-state index in [1.807, 2.05) is 23.5 Å². The molecular formula is C15H26S4. The van der Waals surface area contributed by atoms with Crippen LogP contribution >= 0.6 is 47.0 Å². The molecule has 0 saturated carbocycles. The van der Waals surface area contributed by atoms with Crippen molar-refractivity contribution in [3.63, 3.8) is 0 Å². The van der Waals surface area contributed by atoms with Crippen LogP contribution in [0.2, 0.25) is 0 Å². The maximum absolute atomic E-state index is 2.32. The van der Waals surface area contributed by atoms with Crippen LogP contribution in [-0.2, 0) is 0 Å². The van der Waals surface area contributed by atoms with E-state index in [2.05, 4.69) is 49.5 Å². The lowest BCUT2D eigenvalue weighted by atomic mass is 10.3. The second kappa shape index (κ2) is 12.6. The smallest absolute Gasteiger partial charge is 0.0400 e. The van der Waals surface area contributed by atoms with Crippen molar-refractivity contribution >= 4 is 47.0 Å². The van der Waals surface area contributed by atoms with Crippen molar-refractivity contribution in [1.29, 1.82) is 0 Å². The number of thioether (sulfide) groups is 4.